The highest BCUT2D eigenvalue weighted by Gasteiger charge is 2.17. The Labute approximate surface area is 210 Å². The van der Waals surface area contributed by atoms with Crippen LogP contribution in [0.5, 0.6) is 5.75 Å². The van der Waals surface area contributed by atoms with E-state index in [1.54, 1.807) is 55.6 Å². The number of amides is 1. The number of benzene rings is 3. The van der Waals surface area contributed by atoms with Gasteiger partial charge in [0.05, 0.1) is 24.3 Å². The largest absolute Gasteiger partial charge is 0.497 e. The molecule has 0 bridgehead atoms. The summed E-state index contributed by atoms with van der Waals surface area (Å²) in [5.41, 5.74) is 2.18. The minimum absolute atomic E-state index is 0.0377. The minimum Gasteiger partial charge on any atom is -0.497 e. The molecule has 0 aliphatic rings. The molecule has 0 aliphatic carbocycles. The van der Waals surface area contributed by atoms with Crippen LogP contribution >= 0.6 is 23.4 Å². The van der Waals surface area contributed by atoms with Crippen LogP contribution in [0.15, 0.2) is 78.0 Å². The number of non-ortho nitro benzene ring substituents is 1. The lowest BCUT2D eigenvalue weighted by Crippen LogP contribution is -2.24. The highest BCUT2D eigenvalue weighted by Crippen LogP contribution is 2.27. The number of nitro benzene ring substituents is 1. The number of halogens is 1. The molecule has 0 saturated carbocycles. The van der Waals surface area contributed by atoms with Gasteiger partial charge in [-0.25, -0.2) is 0 Å². The molecule has 0 unspecified atom stereocenters. The van der Waals surface area contributed by atoms with Crippen LogP contribution < -0.4 is 10.1 Å². The Morgan fingerprint density at radius 2 is 1.86 bits per heavy atom. The van der Waals surface area contributed by atoms with E-state index in [1.165, 1.54) is 23.9 Å². The maximum Gasteiger partial charge on any atom is 0.269 e. The lowest BCUT2D eigenvalue weighted by atomic mass is 10.2. The van der Waals surface area contributed by atoms with Crippen molar-refractivity contribution in [2.24, 2.45) is 0 Å². The molecule has 178 valence electrons. The first-order chi connectivity index (χ1) is 16.9. The van der Waals surface area contributed by atoms with Crippen LogP contribution in [0, 0.1) is 10.1 Å². The number of ether oxygens (including phenoxy) is 1. The second kappa shape index (κ2) is 11.0. The van der Waals surface area contributed by atoms with Gasteiger partial charge in [-0.05, 0) is 48.0 Å². The van der Waals surface area contributed by atoms with Crippen LogP contribution in [-0.2, 0) is 12.3 Å². The molecule has 1 N–H and O–H groups in total. The highest BCUT2D eigenvalue weighted by atomic mass is 35.5. The molecule has 0 radical (unpaired) electrons. The summed E-state index contributed by atoms with van der Waals surface area (Å²) in [6.07, 6.45) is 0. The van der Waals surface area contributed by atoms with Crippen molar-refractivity contribution in [3.8, 4) is 11.4 Å². The molecule has 4 rings (SSSR count). The van der Waals surface area contributed by atoms with Gasteiger partial charge in [0, 0.05) is 28.5 Å². The van der Waals surface area contributed by atoms with Gasteiger partial charge in [0.2, 0.25) is 0 Å². The smallest absolute Gasteiger partial charge is 0.269 e. The van der Waals surface area contributed by atoms with Crippen LogP contribution in [0.1, 0.15) is 21.7 Å². The van der Waals surface area contributed by atoms with Gasteiger partial charge in [-0.1, -0.05) is 41.6 Å². The van der Waals surface area contributed by atoms with Gasteiger partial charge in [0.1, 0.15) is 5.75 Å². The molecule has 0 aliphatic heterocycles. The van der Waals surface area contributed by atoms with Crippen molar-refractivity contribution in [3.05, 3.63) is 105 Å². The molecule has 9 nitrogen and oxygen atoms in total. The number of rotatable bonds is 9. The summed E-state index contributed by atoms with van der Waals surface area (Å²) < 4.78 is 6.96. The first kappa shape index (κ1) is 24.2. The van der Waals surface area contributed by atoms with Crippen molar-refractivity contribution >= 4 is 35.0 Å². The van der Waals surface area contributed by atoms with E-state index in [-0.39, 0.29) is 18.1 Å². The first-order valence-corrected chi connectivity index (χ1v) is 11.8. The molecule has 35 heavy (non-hydrogen) atoms. The van der Waals surface area contributed by atoms with E-state index < -0.39 is 4.92 Å². The number of nitro groups is 1. The molecule has 0 fully saturated rings. The van der Waals surface area contributed by atoms with E-state index in [0.717, 1.165) is 11.3 Å². The third-order valence-electron chi connectivity index (χ3n) is 5.04. The first-order valence-electron chi connectivity index (χ1n) is 10.4. The van der Waals surface area contributed by atoms with Crippen LogP contribution in [0.25, 0.3) is 5.69 Å². The van der Waals surface area contributed by atoms with E-state index in [2.05, 4.69) is 15.5 Å². The Morgan fingerprint density at radius 1 is 1.11 bits per heavy atom. The van der Waals surface area contributed by atoms with Crippen LogP contribution in [0.2, 0.25) is 5.02 Å². The minimum atomic E-state index is -0.431. The van der Waals surface area contributed by atoms with E-state index in [9.17, 15) is 14.9 Å². The lowest BCUT2D eigenvalue weighted by molar-refractivity contribution is -0.384. The molecule has 1 amide bonds. The maximum absolute atomic E-state index is 12.6. The molecule has 0 spiro atoms. The zero-order chi connectivity index (χ0) is 24.8. The second-order valence-corrected chi connectivity index (χ2v) is 8.72. The summed E-state index contributed by atoms with van der Waals surface area (Å²) in [5, 5.41) is 23.5. The van der Waals surface area contributed by atoms with Gasteiger partial charge in [-0.15, -0.1) is 10.2 Å². The van der Waals surface area contributed by atoms with E-state index in [1.807, 2.05) is 16.7 Å². The van der Waals surface area contributed by atoms with Crippen molar-refractivity contribution in [1.82, 2.24) is 20.1 Å². The number of hydrogen-bond acceptors (Lipinski definition) is 7. The SMILES string of the molecule is COc1ccc(C(=O)NCc2nnc(SCc3ccc([N+](=O)[O-])cc3)n2-c2cccc(Cl)c2)cc1. The fourth-order valence-corrected chi connectivity index (χ4v) is 4.36. The number of nitrogens with zero attached hydrogens (tertiary/aromatic N) is 4. The summed E-state index contributed by atoms with van der Waals surface area (Å²) in [7, 11) is 1.56. The number of carbonyl (C=O) groups is 1. The molecular formula is C24H20ClN5O4S. The third-order valence-corrected chi connectivity index (χ3v) is 6.28. The summed E-state index contributed by atoms with van der Waals surface area (Å²) in [5.74, 6) is 1.46. The molecule has 0 atom stereocenters. The Bertz CT molecular complexity index is 1340. The van der Waals surface area contributed by atoms with Gasteiger partial charge < -0.3 is 10.1 Å². The second-order valence-electron chi connectivity index (χ2n) is 7.34. The van der Waals surface area contributed by atoms with E-state index in [0.29, 0.717) is 33.1 Å². The predicted molar refractivity (Wildman–Crippen MR) is 133 cm³/mol. The molecule has 1 heterocycles. The summed E-state index contributed by atoms with van der Waals surface area (Å²) in [4.78, 5) is 23.1. The average molecular weight is 510 g/mol. The van der Waals surface area contributed by atoms with Gasteiger partial charge in [0.15, 0.2) is 11.0 Å². The molecular weight excluding hydrogens is 490 g/mol. The van der Waals surface area contributed by atoms with Crippen LogP contribution in [0.3, 0.4) is 0 Å². The number of hydrogen-bond donors (Lipinski definition) is 1. The number of methoxy groups -OCH3 is 1. The average Bonchev–Trinajstić information content (AvgIpc) is 3.29. The van der Waals surface area contributed by atoms with Gasteiger partial charge in [-0.2, -0.15) is 0 Å². The number of carbonyl (C=O) groups excluding carboxylic acids is 1. The number of thioether (sulfide) groups is 1. The van der Waals surface area contributed by atoms with Crippen molar-refractivity contribution in [2.75, 3.05) is 7.11 Å². The van der Waals surface area contributed by atoms with Crippen LogP contribution in [-0.4, -0.2) is 32.7 Å². The third kappa shape index (κ3) is 5.97. The summed E-state index contributed by atoms with van der Waals surface area (Å²) >= 11 is 7.64. The van der Waals surface area contributed by atoms with Crippen molar-refractivity contribution in [1.29, 1.82) is 0 Å². The normalized spacial score (nSPS) is 10.7. The van der Waals surface area contributed by atoms with Crippen molar-refractivity contribution < 1.29 is 14.5 Å². The standard InChI is InChI=1S/C24H20ClN5O4S/c1-34-21-11-7-17(8-12-21)23(31)26-14-22-27-28-24(29(22)20-4-2-3-18(25)13-20)35-15-16-5-9-19(10-6-16)30(32)33/h2-13H,14-15H2,1H3,(H,26,31). The topological polar surface area (TPSA) is 112 Å². The van der Waals surface area contributed by atoms with E-state index in [4.69, 9.17) is 16.3 Å². The zero-order valence-electron chi connectivity index (χ0n) is 18.6. The van der Waals surface area contributed by atoms with Crippen molar-refractivity contribution in [3.63, 3.8) is 0 Å². The lowest BCUT2D eigenvalue weighted by Gasteiger charge is -2.11. The number of aromatic nitrogens is 3. The van der Waals surface area contributed by atoms with Crippen molar-refractivity contribution in [2.45, 2.75) is 17.5 Å². The Hall–Kier alpha value is -3.89. The Balaban J connectivity index is 1.54. The molecule has 4 aromatic rings. The molecule has 11 heteroatoms. The van der Waals surface area contributed by atoms with Crippen LogP contribution in [0.4, 0.5) is 5.69 Å². The zero-order valence-corrected chi connectivity index (χ0v) is 20.1. The summed E-state index contributed by atoms with van der Waals surface area (Å²) in [6.45, 7) is 0.141. The van der Waals surface area contributed by atoms with Gasteiger partial charge >= 0.3 is 0 Å². The van der Waals surface area contributed by atoms with Gasteiger partial charge in [0.25, 0.3) is 11.6 Å². The molecule has 3 aromatic carbocycles. The number of nitrogens with one attached hydrogen (secondary N) is 1. The maximum atomic E-state index is 12.6. The monoisotopic (exact) mass is 509 g/mol. The van der Waals surface area contributed by atoms with Gasteiger partial charge in [-0.3, -0.25) is 19.5 Å². The molecule has 0 saturated heterocycles. The Kier molecular flexibility index (Phi) is 7.64. The Morgan fingerprint density at radius 3 is 2.51 bits per heavy atom. The summed E-state index contributed by atoms with van der Waals surface area (Å²) in [6, 6.07) is 20.4. The predicted octanol–water partition coefficient (Wildman–Crippen LogP) is 5.06. The highest BCUT2D eigenvalue weighted by molar-refractivity contribution is 7.98. The fourth-order valence-electron chi connectivity index (χ4n) is 3.25. The fraction of sp³-hybridized carbons (Fsp3) is 0.125. The van der Waals surface area contributed by atoms with E-state index >= 15 is 0 Å². The molecule has 1 aromatic heterocycles. The quantitative estimate of drug-likeness (QED) is 0.190.